The zero-order chi connectivity index (χ0) is 13.9. The van der Waals surface area contributed by atoms with Gasteiger partial charge in [-0.1, -0.05) is 0 Å². The first-order chi connectivity index (χ1) is 9.72. The molecule has 1 saturated heterocycles. The first kappa shape index (κ1) is 13.5. The average Bonchev–Trinajstić information content (AvgIpc) is 2.96. The van der Waals surface area contributed by atoms with Crippen molar-refractivity contribution in [1.82, 2.24) is 14.5 Å². The van der Waals surface area contributed by atoms with Crippen molar-refractivity contribution in [1.29, 1.82) is 0 Å². The molecular formula is C15H19N3OS. The molecule has 20 heavy (non-hydrogen) atoms. The molecule has 5 heteroatoms. The molecule has 0 aromatic carbocycles. The number of aryl methyl sites for hydroxylation is 1. The molecule has 0 spiro atoms. The zero-order valence-corrected chi connectivity index (χ0v) is 12.5. The maximum atomic E-state index is 11.7. The molecule has 1 aliphatic rings. The quantitative estimate of drug-likeness (QED) is 0.869. The van der Waals surface area contributed by atoms with Gasteiger partial charge >= 0.3 is 0 Å². The minimum atomic E-state index is 0.0905. The summed E-state index contributed by atoms with van der Waals surface area (Å²) in [5.41, 5.74) is 1.29. The Kier molecular flexibility index (Phi) is 3.98. The van der Waals surface area contributed by atoms with Crippen LogP contribution in [0.1, 0.15) is 29.3 Å². The number of rotatable bonds is 3. The second-order valence-electron chi connectivity index (χ2n) is 5.39. The molecule has 2 aromatic rings. The van der Waals surface area contributed by atoms with Crippen molar-refractivity contribution in [3.05, 3.63) is 50.8 Å². The molecule has 1 aliphatic heterocycles. The van der Waals surface area contributed by atoms with E-state index in [-0.39, 0.29) is 5.56 Å². The normalized spacial score (nSPS) is 17.4. The van der Waals surface area contributed by atoms with Crippen molar-refractivity contribution < 1.29 is 0 Å². The van der Waals surface area contributed by atoms with E-state index in [0.29, 0.717) is 5.92 Å². The number of thiazole rings is 1. The molecule has 0 N–H and O–H groups in total. The molecule has 0 unspecified atom stereocenters. The van der Waals surface area contributed by atoms with Gasteiger partial charge in [-0.15, -0.1) is 11.3 Å². The highest BCUT2D eigenvalue weighted by molar-refractivity contribution is 7.09. The van der Waals surface area contributed by atoms with Gasteiger partial charge in [-0.05, 0) is 43.5 Å². The van der Waals surface area contributed by atoms with Gasteiger partial charge < -0.3 is 4.57 Å². The molecular weight excluding hydrogens is 270 g/mol. The SMILES string of the molecule is Cn1ccc(C2CCN(Cc3nccs3)CC2)cc1=O. The molecule has 3 heterocycles. The van der Waals surface area contributed by atoms with Crippen molar-refractivity contribution >= 4 is 11.3 Å². The lowest BCUT2D eigenvalue weighted by Gasteiger charge is -2.31. The third-order valence-corrected chi connectivity index (χ3v) is 4.79. The van der Waals surface area contributed by atoms with E-state index in [0.717, 1.165) is 32.5 Å². The molecule has 0 saturated carbocycles. The van der Waals surface area contributed by atoms with Crippen LogP contribution in [0.4, 0.5) is 0 Å². The lowest BCUT2D eigenvalue weighted by molar-refractivity contribution is 0.204. The van der Waals surface area contributed by atoms with Crippen LogP contribution in [0.2, 0.25) is 0 Å². The second kappa shape index (κ2) is 5.89. The fourth-order valence-electron chi connectivity index (χ4n) is 2.76. The highest BCUT2D eigenvalue weighted by atomic mass is 32.1. The average molecular weight is 289 g/mol. The number of aromatic nitrogens is 2. The first-order valence-corrected chi connectivity index (χ1v) is 7.87. The Bertz CT molecular complexity index is 612. The van der Waals surface area contributed by atoms with Crippen LogP contribution in [0.5, 0.6) is 0 Å². The molecule has 1 fully saturated rings. The van der Waals surface area contributed by atoms with E-state index in [1.807, 2.05) is 17.8 Å². The van der Waals surface area contributed by atoms with Gasteiger partial charge in [-0.2, -0.15) is 0 Å². The summed E-state index contributed by atoms with van der Waals surface area (Å²) in [6, 6.07) is 3.88. The maximum Gasteiger partial charge on any atom is 0.250 e. The number of pyridine rings is 1. The first-order valence-electron chi connectivity index (χ1n) is 6.99. The minimum Gasteiger partial charge on any atom is -0.319 e. The summed E-state index contributed by atoms with van der Waals surface area (Å²) < 4.78 is 1.63. The summed E-state index contributed by atoms with van der Waals surface area (Å²) in [6.45, 7) is 3.12. The molecule has 0 atom stereocenters. The van der Waals surface area contributed by atoms with E-state index in [1.54, 1.807) is 29.0 Å². The summed E-state index contributed by atoms with van der Waals surface area (Å²) in [4.78, 5) is 18.5. The van der Waals surface area contributed by atoms with Crippen molar-refractivity contribution in [3.63, 3.8) is 0 Å². The van der Waals surface area contributed by atoms with Crippen LogP contribution < -0.4 is 5.56 Å². The predicted octanol–water partition coefficient (Wildman–Crippen LogP) is 2.22. The van der Waals surface area contributed by atoms with Gasteiger partial charge in [0.1, 0.15) is 5.01 Å². The van der Waals surface area contributed by atoms with E-state index in [1.165, 1.54) is 10.6 Å². The third kappa shape index (κ3) is 2.99. The van der Waals surface area contributed by atoms with Gasteiger partial charge in [0.15, 0.2) is 0 Å². The Morgan fingerprint density at radius 2 is 2.20 bits per heavy atom. The summed E-state index contributed by atoms with van der Waals surface area (Å²) in [7, 11) is 1.79. The number of likely N-dealkylation sites (tertiary alicyclic amines) is 1. The summed E-state index contributed by atoms with van der Waals surface area (Å²) in [5.74, 6) is 0.524. The van der Waals surface area contributed by atoms with Gasteiger partial charge in [0, 0.05) is 30.9 Å². The second-order valence-corrected chi connectivity index (χ2v) is 6.36. The standard InChI is InChI=1S/C15H19N3OS/c1-17-6-2-13(10-15(17)19)12-3-7-18(8-4-12)11-14-16-5-9-20-14/h2,5-6,9-10,12H,3-4,7-8,11H2,1H3. The molecule has 2 aromatic heterocycles. The molecule has 0 radical (unpaired) electrons. The van der Waals surface area contributed by atoms with Crippen LogP contribution in [0, 0.1) is 0 Å². The zero-order valence-electron chi connectivity index (χ0n) is 11.7. The summed E-state index contributed by atoms with van der Waals surface area (Å²) in [5, 5.41) is 3.22. The van der Waals surface area contributed by atoms with Gasteiger partial charge in [0.25, 0.3) is 5.56 Å². The molecule has 0 bridgehead atoms. The van der Waals surface area contributed by atoms with E-state index >= 15 is 0 Å². The van der Waals surface area contributed by atoms with Crippen LogP contribution >= 0.6 is 11.3 Å². The minimum absolute atomic E-state index is 0.0905. The van der Waals surface area contributed by atoms with Gasteiger partial charge in [0.2, 0.25) is 0 Å². The Hall–Kier alpha value is -1.46. The fourth-order valence-corrected chi connectivity index (χ4v) is 3.42. The number of hydrogen-bond acceptors (Lipinski definition) is 4. The Morgan fingerprint density at radius 3 is 2.85 bits per heavy atom. The Morgan fingerprint density at radius 1 is 1.40 bits per heavy atom. The van der Waals surface area contributed by atoms with Crippen LogP contribution in [0.15, 0.2) is 34.7 Å². The molecule has 0 amide bonds. The highest BCUT2D eigenvalue weighted by Crippen LogP contribution is 2.27. The summed E-state index contributed by atoms with van der Waals surface area (Å²) in [6.07, 6.45) is 5.99. The number of nitrogens with zero attached hydrogens (tertiary/aromatic N) is 3. The van der Waals surface area contributed by atoms with Crippen LogP contribution in [0.25, 0.3) is 0 Å². The Balaban J connectivity index is 1.60. The molecule has 3 rings (SSSR count). The van der Waals surface area contributed by atoms with Gasteiger partial charge in [-0.25, -0.2) is 4.98 Å². The molecule has 4 nitrogen and oxygen atoms in total. The molecule has 106 valence electrons. The Labute approximate surface area is 122 Å². The van der Waals surface area contributed by atoms with Crippen molar-refractivity contribution in [2.75, 3.05) is 13.1 Å². The smallest absolute Gasteiger partial charge is 0.250 e. The van der Waals surface area contributed by atoms with E-state index in [4.69, 9.17) is 0 Å². The fraction of sp³-hybridized carbons (Fsp3) is 0.467. The molecule has 0 aliphatic carbocycles. The van der Waals surface area contributed by atoms with Crippen molar-refractivity contribution in [3.8, 4) is 0 Å². The predicted molar refractivity (Wildman–Crippen MR) is 81.0 cm³/mol. The third-order valence-electron chi connectivity index (χ3n) is 4.03. The van der Waals surface area contributed by atoms with Crippen LogP contribution in [-0.4, -0.2) is 27.5 Å². The van der Waals surface area contributed by atoms with Crippen molar-refractivity contribution in [2.45, 2.75) is 25.3 Å². The lowest BCUT2D eigenvalue weighted by atomic mass is 9.90. The monoisotopic (exact) mass is 289 g/mol. The topological polar surface area (TPSA) is 38.1 Å². The van der Waals surface area contributed by atoms with E-state index < -0.39 is 0 Å². The lowest BCUT2D eigenvalue weighted by Crippen LogP contribution is -2.32. The van der Waals surface area contributed by atoms with Crippen LogP contribution in [0.3, 0.4) is 0 Å². The van der Waals surface area contributed by atoms with Gasteiger partial charge in [-0.3, -0.25) is 9.69 Å². The van der Waals surface area contributed by atoms with Crippen molar-refractivity contribution in [2.24, 2.45) is 7.05 Å². The van der Waals surface area contributed by atoms with Gasteiger partial charge in [0.05, 0.1) is 6.54 Å². The number of piperidine rings is 1. The van der Waals surface area contributed by atoms with Crippen LogP contribution in [-0.2, 0) is 13.6 Å². The van der Waals surface area contributed by atoms with E-state index in [2.05, 4.69) is 16.0 Å². The maximum absolute atomic E-state index is 11.7. The number of hydrogen-bond donors (Lipinski definition) is 0. The summed E-state index contributed by atoms with van der Waals surface area (Å²) >= 11 is 1.72. The largest absolute Gasteiger partial charge is 0.319 e. The van der Waals surface area contributed by atoms with E-state index in [9.17, 15) is 4.79 Å². The highest BCUT2D eigenvalue weighted by Gasteiger charge is 2.21.